The van der Waals surface area contributed by atoms with Gasteiger partial charge >= 0.3 is 0 Å². The highest BCUT2D eigenvalue weighted by Crippen LogP contribution is 2.26. The van der Waals surface area contributed by atoms with Gasteiger partial charge in [0.25, 0.3) is 11.8 Å². The second-order valence-corrected chi connectivity index (χ2v) is 7.68. The van der Waals surface area contributed by atoms with Gasteiger partial charge in [-0.05, 0) is 24.6 Å². The van der Waals surface area contributed by atoms with E-state index in [1.807, 2.05) is 30.3 Å². The van der Waals surface area contributed by atoms with E-state index in [4.69, 9.17) is 0 Å². The van der Waals surface area contributed by atoms with Crippen LogP contribution in [0.3, 0.4) is 0 Å². The van der Waals surface area contributed by atoms with E-state index in [2.05, 4.69) is 31.2 Å². The quantitative estimate of drug-likeness (QED) is 0.558. The van der Waals surface area contributed by atoms with Crippen LogP contribution >= 0.6 is 15.9 Å². The Labute approximate surface area is 181 Å². The van der Waals surface area contributed by atoms with E-state index < -0.39 is 0 Å². The molecule has 30 heavy (non-hydrogen) atoms. The third-order valence-corrected chi connectivity index (χ3v) is 5.18. The summed E-state index contributed by atoms with van der Waals surface area (Å²) in [5.74, 6) is -0.314. The van der Waals surface area contributed by atoms with Crippen molar-refractivity contribution in [2.75, 3.05) is 11.9 Å². The Morgan fingerprint density at radius 2 is 1.67 bits per heavy atom. The Bertz CT molecular complexity index is 1120. The summed E-state index contributed by atoms with van der Waals surface area (Å²) in [4.78, 5) is 46.8. The van der Waals surface area contributed by atoms with Crippen LogP contribution in [-0.2, 0) is 4.79 Å². The number of nitrogens with zero attached hydrogens (tertiary/aromatic N) is 3. The summed E-state index contributed by atoms with van der Waals surface area (Å²) in [6.07, 6.45) is 3.63. The molecule has 2 heterocycles. The smallest absolute Gasteiger partial charge is 0.261 e. The molecule has 0 bridgehead atoms. The Morgan fingerprint density at radius 1 is 0.967 bits per heavy atom. The number of benzene rings is 2. The minimum atomic E-state index is -0.332. The highest BCUT2D eigenvalue weighted by Gasteiger charge is 2.35. The molecule has 3 amide bonds. The lowest BCUT2D eigenvalue weighted by atomic mass is 10.1. The summed E-state index contributed by atoms with van der Waals surface area (Å²) in [5, 5.41) is 2.73. The van der Waals surface area contributed by atoms with Crippen molar-refractivity contribution >= 4 is 39.3 Å². The average molecular weight is 465 g/mol. The number of imide groups is 1. The van der Waals surface area contributed by atoms with Crippen LogP contribution in [-0.4, -0.2) is 39.1 Å². The van der Waals surface area contributed by atoms with E-state index in [0.29, 0.717) is 29.1 Å². The largest absolute Gasteiger partial charge is 0.323 e. The number of halogens is 1. The predicted molar refractivity (Wildman–Crippen MR) is 115 cm³/mol. The molecule has 0 aliphatic carbocycles. The molecule has 0 radical (unpaired) electrons. The maximum Gasteiger partial charge on any atom is 0.261 e. The second-order valence-electron chi connectivity index (χ2n) is 6.76. The molecular weight excluding hydrogens is 448 g/mol. The van der Waals surface area contributed by atoms with Gasteiger partial charge in [0.2, 0.25) is 5.91 Å². The molecule has 150 valence electrons. The molecule has 0 atom stereocenters. The number of fused-ring (bicyclic) bond motifs is 1. The highest BCUT2D eigenvalue weighted by molar-refractivity contribution is 9.10. The third-order valence-electron chi connectivity index (χ3n) is 4.69. The van der Waals surface area contributed by atoms with Gasteiger partial charge in [0.05, 0.1) is 29.2 Å². The summed E-state index contributed by atoms with van der Waals surface area (Å²) in [6.45, 7) is 0.181. The van der Waals surface area contributed by atoms with Crippen molar-refractivity contribution in [3.63, 3.8) is 0 Å². The van der Waals surface area contributed by atoms with Crippen LogP contribution < -0.4 is 5.32 Å². The Morgan fingerprint density at radius 3 is 2.40 bits per heavy atom. The van der Waals surface area contributed by atoms with Crippen molar-refractivity contribution in [2.45, 2.75) is 12.8 Å². The van der Waals surface area contributed by atoms with Crippen molar-refractivity contribution in [2.24, 2.45) is 0 Å². The van der Waals surface area contributed by atoms with Gasteiger partial charge in [-0.1, -0.05) is 46.3 Å². The number of amides is 3. The van der Waals surface area contributed by atoms with Gasteiger partial charge in [-0.3, -0.25) is 19.3 Å². The minimum absolute atomic E-state index is 0.164. The number of aromatic nitrogens is 2. The predicted octanol–water partition coefficient (Wildman–Crippen LogP) is 3.92. The van der Waals surface area contributed by atoms with Crippen molar-refractivity contribution in [3.05, 3.63) is 76.5 Å². The van der Waals surface area contributed by atoms with Crippen LogP contribution in [0.2, 0.25) is 0 Å². The Kier molecular flexibility index (Phi) is 5.67. The second kappa shape index (κ2) is 8.54. The number of carbonyl (C=O) groups is 3. The van der Waals surface area contributed by atoms with E-state index in [1.165, 1.54) is 4.90 Å². The number of rotatable bonds is 6. The molecular formula is C22H17BrN4O3. The number of hydrogen-bond donors (Lipinski definition) is 1. The Balaban J connectivity index is 1.29. The van der Waals surface area contributed by atoms with Gasteiger partial charge in [0.15, 0.2) is 5.82 Å². The first kappa shape index (κ1) is 19.9. The van der Waals surface area contributed by atoms with Crippen molar-refractivity contribution < 1.29 is 14.4 Å². The molecule has 8 heteroatoms. The SMILES string of the molecule is O=C(CCCN1C(=O)c2ccc(Br)cc2C1=O)Nc1cnc(-c2ccccc2)nc1. The number of carbonyl (C=O) groups excluding carboxylic acids is 3. The van der Waals surface area contributed by atoms with E-state index in [1.54, 1.807) is 30.6 Å². The molecule has 1 aliphatic heterocycles. The molecule has 1 N–H and O–H groups in total. The fourth-order valence-electron chi connectivity index (χ4n) is 3.22. The van der Waals surface area contributed by atoms with Gasteiger partial charge in [-0.15, -0.1) is 0 Å². The van der Waals surface area contributed by atoms with Crippen LogP contribution in [0.15, 0.2) is 65.4 Å². The van der Waals surface area contributed by atoms with E-state index in [0.717, 1.165) is 10.0 Å². The molecule has 4 rings (SSSR count). The van der Waals surface area contributed by atoms with Crippen molar-refractivity contribution in [3.8, 4) is 11.4 Å². The van der Waals surface area contributed by atoms with Gasteiger partial charge in [0, 0.05) is 23.0 Å². The lowest BCUT2D eigenvalue weighted by Crippen LogP contribution is -2.31. The zero-order valence-electron chi connectivity index (χ0n) is 15.8. The monoisotopic (exact) mass is 464 g/mol. The molecule has 2 aromatic carbocycles. The lowest BCUT2D eigenvalue weighted by molar-refractivity contribution is -0.116. The average Bonchev–Trinajstić information content (AvgIpc) is 2.99. The zero-order chi connectivity index (χ0) is 21.1. The molecule has 0 fully saturated rings. The third kappa shape index (κ3) is 4.13. The summed E-state index contributed by atoms with van der Waals surface area (Å²) >= 11 is 3.31. The van der Waals surface area contributed by atoms with Crippen LogP contribution in [0.25, 0.3) is 11.4 Å². The van der Waals surface area contributed by atoms with Crippen LogP contribution in [0.5, 0.6) is 0 Å². The molecule has 0 unspecified atom stereocenters. The molecule has 3 aromatic rings. The molecule has 1 aromatic heterocycles. The summed E-state index contributed by atoms with van der Waals surface area (Å²) in [5.41, 5.74) is 2.16. The number of hydrogen-bond acceptors (Lipinski definition) is 5. The van der Waals surface area contributed by atoms with Gasteiger partial charge in [-0.25, -0.2) is 9.97 Å². The molecule has 0 spiro atoms. The maximum atomic E-state index is 12.4. The number of nitrogens with one attached hydrogen (secondary N) is 1. The molecule has 1 aliphatic rings. The summed E-state index contributed by atoms with van der Waals surface area (Å²) in [6, 6.07) is 14.5. The van der Waals surface area contributed by atoms with E-state index >= 15 is 0 Å². The van der Waals surface area contributed by atoms with Gasteiger partial charge < -0.3 is 5.32 Å². The topological polar surface area (TPSA) is 92.3 Å². The standard InChI is InChI=1S/C22H17BrN4O3/c23-15-8-9-17-18(11-15)22(30)27(21(17)29)10-4-7-19(28)26-16-12-24-20(25-13-16)14-5-2-1-3-6-14/h1-3,5-6,8-9,11-13H,4,7,10H2,(H,26,28). The number of anilines is 1. The molecule has 7 nitrogen and oxygen atoms in total. The maximum absolute atomic E-state index is 12.4. The lowest BCUT2D eigenvalue weighted by Gasteiger charge is -2.13. The highest BCUT2D eigenvalue weighted by atomic mass is 79.9. The summed E-state index contributed by atoms with van der Waals surface area (Å²) < 4.78 is 0.740. The first-order chi connectivity index (χ1) is 14.5. The molecule has 0 saturated carbocycles. The normalized spacial score (nSPS) is 12.8. The van der Waals surface area contributed by atoms with E-state index in [-0.39, 0.29) is 30.7 Å². The molecule has 0 saturated heterocycles. The fourth-order valence-corrected chi connectivity index (χ4v) is 3.58. The van der Waals surface area contributed by atoms with Crippen molar-refractivity contribution in [1.82, 2.24) is 14.9 Å². The van der Waals surface area contributed by atoms with Crippen LogP contribution in [0.1, 0.15) is 33.6 Å². The van der Waals surface area contributed by atoms with Gasteiger partial charge in [-0.2, -0.15) is 0 Å². The first-order valence-electron chi connectivity index (χ1n) is 9.36. The zero-order valence-corrected chi connectivity index (χ0v) is 17.4. The van der Waals surface area contributed by atoms with Crippen molar-refractivity contribution in [1.29, 1.82) is 0 Å². The van der Waals surface area contributed by atoms with Crippen LogP contribution in [0, 0.1) is 0 Å². The first-order valence-corrected chi connectivity index (χ1v) is 10.2. The Hall–Kier alpha value is -3.39. The van der Waals surface area contributed by atoms with E-state index in [9.17, 15) is 14.4 Å². The minimum Gasteiger partial charge on any atom is -0.323 e. The fraction of sp³-hybridized carbons (Fsp3) is 0.136. The summed E-state index contributed by atoms with van der Waals surface area (Å²) in [7, 11) is 0. The van der Waals surface area contributed by atoms with Crippen LogP contribution in [0.4, 0.5) is 5.69 Å². The van der Waals surface area contributed by atoms with Gasteiger partial charge in [0.1, 0.15) is 0 Å².